The highest BCUT2D eigenvalue weighted by Gasteiger charge is 2.40. The van der Waals surface area contributed by atoms with Crippen LogP contribution in [-0.4, -0.2) is 52.8 Å². The molecule has 0 aliphatic carbocycles. The summed E-state index contributed by atoms with van der Waals surface area (Å²) < 4.78 is 10.3. The van der Waals surface area contributed by atoms with Crippen molar-refractivity contribution in [2.45, 2.75) is 51.7 Å². The van der Waals surface area contributed by atoms with Gasteiger partial charge in [0.15, 0.2) is 0 Å². The van der Waals surface area contributed by atoms with Crippen molar-refractivity contribution in [3.63, 3.8) is 0 Å². The van der Waals surface area contributed by atoms with E-state index in [4.69, 9.17) is 9.47 Å². The molecule has 1 aromatic rings. The Hall–Kier alpha value is -2.68. The highest BCUT2D eigenvalue weighted by Crippen LogP contribution is 2.38. The topological polar surface area (TPSA) is 119 Å². The average Bonchev–Trinajstić information content (AvgIpc) is 2.92. The first-order valence-corrected chi connectivity index (χ1v) is 10.0. The van der Waals surface area contributed by atoms with Crippen LogP contribution in [0.15, 0.2) is 24.3 Å². The minimum atomic E-state index is -1.39. The van der Waals surface area contributed by atoms with Crippen LogP contribution >= 0.6 is 0 Å². The molecule has 0 radical (unpaired) electrons. The van der Waals surface area contributed by atoms with Gasteiger partial charge in [0.25, 0.3) is 5.69 Å². The van der Waals surface area contributed by atoms with Gasteiger partial charge in [-0.25, -0.2) is 4.79 Å². The summed E-state index contributed by atoms with van der Waals surface area (Å²) in [4.78, 5) is 37.3. The lowest BCUT2D eigenvalue weighted by atomic mass is 9.80. The number of methoxy groups -OCH3 is 1. The van der Waals surface area contributed by atoms with Crippen molar-refractivity contribution in [2.24, 2.45) is 11.8 Å². The SMILES string of the molecule is COC(=O)C(C1CCCN(C(=O)OC(C)(C)C)CC1)C(O)c1ccccc1[N+](=O)[O-]. The molecule has 9 heteroatoms. The van der Waals surface area contributed by atoms with E-state index in [9.17, 15) is 24.8 Å². The van der Waals surface area contributed by atoms with Gasteiger partial charge >= 0.3 is 12.1 Å². The fourth-order valence-corrected chi connectivity index (χ4v) is 3.80. The van der Waals surface area contributed by atoms with E-state index < -0.39 is 34.6 Å². The number of rotatable bonds is 5. The first kappa shape index (κ1) is 23.6. The van der Waals surface area contributed by atoms with Crippen LogP contribution in [0, 0.1) is 22.0 Å². The number of amides is 1. The van der Waals surface area contributed by atoms with Gasteiger partial charge in [0, 0.05) is 19.2 Å². The highest BCUT2D eigenvalue weighted by atomic mass is 16.6. The Morgan fingerprint density at radius 1 is 1.23 bits per heavy atom. The number of benzene rings is 1. The van der Waals surface area contributed by atoms with Crippen molar-refractivity contribution in [3.05, 3.63) is 39.9 Å². The third-order valence-corrected chi connectivity index (χ3v) is 5.20. The molecule has 30 heavy (non-hydrogen) atoms. The predicted octanol–water partition coefficient (Wildman–Crippen LogP) is 3.45. The Labute approximate surface area is 176 Å². The van der Waals surface area contributed by atoms with Crippen LogP contribution in [0.3, 0.4) is 0 Å². The van der Waals surface area contributed by atoms with Gasteiger partial charge in [0.1, 0.15) is 5.60 Å². The van der Waals surface area contributed by atoms with Gasteiger partial charge in [-0.3, -0.25) is 14.9 Å². The van der Waals surface area contributed by atoms with Crippen LogP contribution < -0.4 is 0 Å². The van der Waals surface area contributed by atoms with Crippen molar-refractivity contribution in [3.8, 4) is 0 Å². The van der Waals surface area contributed by atoms with Crippen molar-refractivity contribution in [2.75, 3.05) is 20.2 Å². The third kappa shape index (κ3) is 5.91. The molecule has 1 saturated heterocycles. The van der Waals surface area contributed by atoms with Gasteiger partial charge < -0.3 is 19.5 Å². The number of likely N-dealkylation sites (tertiary alicyclic amines) is 1. The molecule has 9 nitrogen and oxygen atoms in total. The summed E-state index contributed by atoms with van der Waals surface area (Å²) in [5.41, 5.74) is -0.784. The molecule has 3 atom stereocenters. The molecule has 2 rings (SSSR count). The van der Waals surface area contributed by atoms with Gasteiger partial charge in [-0.05, 0) is 52.0 Å². The summed E-state index contributed by atoms with van der Waals surface area (Å²) in [5, 5.41) is 22.3. The Morgan fingerprint density at radius 3 is 2.50 bits per heavy atom. The number of nitro groups is 1. The molecule has 1 N–H and O–H groups in total. The number of aliphatic hydroxyl groups is 1. The quantitative estimate of drug-likeness (QED) is 0.438. The van der Waals surface area contributed by atoms with Crippen molar-refractivity contribution in [1.82, 2.24) is 4.90 Å². The van der Waals surface area contributed by atoms with Crippen molar-refractivity contribution in [1.29, 1.82) is 0 Å². The number of carbonyl (C=O) groups is 2. The third-order valence-electron chi connectivity index (χ3n) is 5.20. The van der Waals surface area contributed by atoms with E-state index in [0.29, 0.717) is 32.4 Å². The molecule has 3 unspecified atom stereocenters. The number of esters is 1. The number of hydrogen-bond donors (Lipinski definition) is 1. The molecular formula is C21H30N2O7. The number of hydrogen-bond acceptors (Lipinski definition) is 7. The number of aliphatic hydroxyl groups excluding tert-OH is 1. The highest BCUT2D eigenvalue weighted by molar-refractivity contribution is 5.74. The Bertz CT molecular complexity index is 775. The van der Waals surface area contributed by atoms with E-state index in [-0.39, 0.29) is 17.2 Å². The second kappa shape index (κ2) is 9.88. The van der Waals surface area contributed by atoms with E-state index in [0.717, 1.165) is 0 Å². The van der Waals surface area contributed by atoms with Gasteiger partial charge in [0.05, 0.1) is 29.6 Å². The Kier molecular flexibility index (Phi) is 7.77. The first-order chi connectivity index (χ1) is 14.0. The van der Waals surface area contributed by atoms with Crippen molar-refractivity contribution < 1.29 is 29.1 Å². The fraction of sp³-hybridized carbons (Fsp3) is 0.619. The summed E-state index contributed by atoms with van der Waals surface area (Å²) in [6.45, 7) is 6.21. The molecule has 0 bridgehead atoms. The number of carbonyl (C=O) groups excluding carboxylic acids is 2. The monoisotopic (exact) mass is 422 g/mol. The van der Waals surface area contributed by atoms with Crippen LogP contribution in [0.2, 0.25) is 0 Å². The zero-order valence-corrected chi connectivity index (χ0v) is 17.9. The van der Waals surface area contributed by atoms with Crippen LogP contribution in [0.4, 0.5) is 10.5 Å². The zero-order chi connectivity index (χ0) is 22.5. The lowest BCUT2D eigenvalue weighted by Crippen LogP contribution is -2.38. The molecule has 1 aromatic carbocycles. The molecule has 0 saturated carbocycles. The van der Waals surface area contributed by atoms with E-state index in [2.05, 4.69) is 0 Å². The van der Waals surface area contributed by atoms with Crippen LogP contribution in [0.5, 0.6) is 0 Å². The van der Waals surface area contributed by atoms with Gasteiger partial charge in [-0.15, -0.1) is 0 Å². The number of nitro benzene ring substituents is 1. The summed E-state index contributed by atoms with van der Waals surface area (Å²) in [6, 6.07) is 5.83. The van der Waals surface area contributed by atoms with E-state index >= 15 is 0 Å². The summed E-state index contributed by atoms with van der Waals surface area (Å²) in [6.07, 6.45) is -0.191. The van der Waals surface area contributed by atoms with Crippen LogP contribution in [0.1, 0.15) is 51.7 Å². The second-order valence-electron chi connectivity index (χ2n) is 8.47. The molecule has 1 aliphatic heterocycles. The van der Waals surface area contributed by atoms with Crippen LogP contribution in [0.25, 0.3) is 0 Å². The second-order valence-corrected chi connectivity index (χ2v) is 8.47. The molecule has 0 spiro atoms. The molecule has 0 aromatic heterocycles. The maximum atomic E-state index is 12.6. The number of para-hydroxylation sites is 1. The normalized spacial score (nSPS) is 19.4. The standard InChI is InChI=1S/C21H30N2O7/c1-21(2,3)30-20(26)22-12-7-8-14(11-13-22)17(19(25)29-4)18(24)15-9-5-6-10-16(15)23(27)28/h5-6,9-10,14,17-18,24H,7-8,11-13H2,1-4H3. The number of nitrogens with zero attached hydrogens (tertiary/aromatic N) is 2. The van der Waals surface area contributed by atoms with E-state index in [1.54, 1.807) is 31.7 Å². The van der Waals surface area contributed by atoms with E-state index in [1.165, 1.54) is 25.3 Å². The first-order valence-electron chi connectivity index (χ1n) is 10.0. The smallest absolute Gasteiger partial charge is 0.410 e. The molecule has 1 fully saturated rings. The van der Waals surface area contributed by atoms with E-state index in [1.807, 2.05) is 0 Å². The lowest BCUT2D eigenvalue weighted by Gasteiger charge is -2.29. The maximum Gasteiger partial charge on any atom is 0.410 e. The van der Waals surface area contributed by atoms with Crippen molar-refractivity contribution >= 4 is 17.7 Å². The summed E-state index contributed by atoms with van der Waals surface area (Å²) in [5.74, 6) is -1.91. The predicted molar refractivity (Wildman–Crippen MR) is 109 cm³/mol. The Balaban J connectivity index is 2.23. The lowest BCUT2D eigenvalue weighted by molar-refractivity contribution is -0.386. The maximum absolute atomic E-state index is 12.6. The average molecular weight is 422 g/mol. The molecule has 1 amide bonds. The fourth-order valence-electron chi connectivity index (χ4n) is 3.80. The van der Waals surface area contributed by atoms with Gasteiger partial charge in [-0.2, -0.15) is 0 Å². The van der Waals surface area contributed by atoms with Gasteiger partial charge in [0.2, 0.25) is 0 Å². The van der Waals surface area contributed by atoms with Gasteiger partial charge in [-0.1, -0.05) is 12.1 Å². The molecule has 1 aliphatic rings. The molecule has 1 heterocycles. The largest absolute Gasteiger partial charge is 0.469 e. The summed E-state index contributed by atoms with van der Waals surface area (Å²) in [7, 11) is 1.23. The van der Waals surface area contributed by atoms with Crippen LogP contribution in [-0.2, 0) is 14.3 Å². The molecule has 166 valence electrons. The summed E-state index contributed by atoms with van der Waals surface area (Å²) >= 11 is 0. The Morgan fingerprint density at radius 2 is 1.90 bits per heavy atom. The number of ether oxygens (including phenoxy) is 2. The minimum absolute atomic E-state index is 0.0751. The minimum Gasteiger partial charge on any atom is -0.469 e. The molecular weight excluding hydrogens is 392 g/mol. The zero-order valence-electron chi connectivity index (χ0n) is 17.9.